The molecule has 0 radical (unpaired) electrons. The first-order chi connectivity index (χ1) is 16.8. The Morgan fingerprint density at radius 3 is 2.63 bits per heavy atom. The molecule has 0 fully saturated rings. The van der Waals surface area contributed by atoms with Crippen molar-refractivity contribution in [2.45, 2.75) is 0 Å². The lowest BCUT2D eigenvalue weighted by molar-refractivity contribution is -0.129. The summed E-state index contributed by atoms with van der Waals surface area (Å²) in [5.41, 5.74) is 0.874. The maximum absolute atomic E-state index is 13.0. The number of nitrogens with zero attached hydrogens (tertiary/aromatic N) is 1. The van der Waals surface area contributed by atoms with Gasteiger partial charge in [0.05, 0.1) is 15.6 Å². The molecular formula is C25H11BrCl3NO4S. The van der Waals surface area contributed by atoms with Crippen molar-refractivity contribution in [3.8, 4) is 5.75 Å². The van der Waals surface area contributed by atoms with E-state index in [-0.39, 0.29) is 22.2 Å². The normalized spacial score (nSPS) is 14.3. The average molecular weight is 608 g/mol. The summed E-state index contributed by atoms with van der Waals surface area (Å²) in [6.45, 7) is 0. The molecular weight excluding hydrogens is 597 g/mol. The van der Waals surface area contributed by atoms with Gasteiger partial charge in [-0.05, 0) is 48.5 Å². The fourth-order valence-electron chi connectivity index (χ4n) is 3.35. The fourth-order valence-corrected chi connectivity index (χ4v) is 5.60. The smallest absolute Gasteiger partial charge is 0.363 e. The quantitative estimate of drug-likeness (QED) is 0.133. The number of rotatable bonds is 4. The Hall–Kier alpha value is -2.68. The molecule has 0 unspecified atom stereocenters. The van der Waals surface area contributed by atoms with E-state index < -0.39 is 11.9 Å². The van der Waals surface area contributed by atoms with Crippen molar-refractivity contribution in [3.05, 3.63) is 102 Å². The van der Waals surface area contributed by atoms with Crippen LogP contribution in [0.2, 0.25) is 15.1 Å². The van der Waals surface area contributed by atoms with Crippen LogP contribution in [-0.4, -0.2) is 17.8 Å². The summed E-state index contributed by atoms with van der Waals surface area (Å²) in [4.78, 5) is 30.1. The summed E-state index contributed by atoms with van der Waals surface area (Å²) in [6.07, 6.45) is 1.47. The molecule has 4 aromatic rings. The lowest BCUT2D eigenvalue weighted by Crippen LogP contribution is -2.08. The molecule has 0 atom stereocenters. The molecule has 1 aliphatic heterocycles. The van der Waals surface area contributed by atoms with Crippen LogP contribution in [0.4, 0.5) is 0 Å². The Balaban J connectivity index is 1.49. The SMILES string of the molecule is O=C1OC(c2ccc(Cl)cc2Cl)=N/C1=C/c1cc(Br)ccc1OC(=O)c1sc2ccccc2c1Cl. The zero-order chi connectivity index (χ0) is 24.7. The monoisotopic (exact) mass is 605 g/mol. The fraction of sp³-hybridized carbons (Fsp3) is 0. The lowest BCUT2D eigenvalue weighted by Gasteiger charge is -2.08. The Kier molecular flexibility index (Phi) is 6.70. The molecule has 0 aliphatic carbocycles. The molecule has 2 heterocycles. The molecule has 10 heteroatoms. The van der Waals surface area contributed by atoms with Crippen molar-refractivity contribution < 1.29 is 19.1 Å². The standard InChI is InChI=1S/C25H11BrCl3NO4S/c26-13-5-8-19(33-25(32)22-21(29)16-3-1-2-4-20(16)35-22)12(9-13)10-18-24(31)34-23(30-18)15-7-6-14(27)11-17(15)28/h1-11H/b18-10+. The van der Waals surface area contributed by atoms with E-state index in [0.717, 1.165) is 10.1 Å². The molecule has 5 rings (SSSR count). The Morgan fingerprint density at radius 1 is 1.06 bits per heavy atom. The summed E-state index contributed by atoms with van der Waals surface area (Å²) in [5, 5.41) is 1.85. The van der Waals surface area contributed by atoms with E-state index in [0.29, 0.717) is 30.7 Å². The van der Waals surface area contributed by atoms with Crippen molar-refractivity contribution >= 4 is 96.1 Å². The third-order valence-electron chi connectivity index (χ3n) is 4.97. The van der Waals surface area contributed by atoms with Crippen molar-refractivity contribution in [1.29, 1.82) is 0 Å². The van der Waals surface area contributed by atoms with Crippen LogP contribution in [0.3, 0.4) is 0 Å². The van der Waals surface area contributed by atoms with Crippen LogP contribution in [0.15, 0.2) is 75.8 Å². The number of esters is 2. The molecule has 0 saturated carbocycles. The molecule has 35 heavy (non-hydrogen) atoms. The summed E-state index contributed by atoms with van der Waals surface area (Å²) >= 11 is 23.2. The van der Waals surface area contributed by atoms with E-state index in [2.05, 4.69) is 20.9 Å². The van der Waals surface area contributed by atoms with Gasteiger partial charge < -0.3 is 9.47 Å². The number of carbonyl (C=O) groups is 2. The van der Waals surface area contributed by atoms with Gasteiger partial charge in [0.25, 0.3) is 0 Å². The molecule has 5 nitrogen and oxygen atoms in total. The summed E-state index contributed by atoms with van der Waals surface area (Å²) in [7, 11) is 0. The minimum atomic E-state index is -0.671. The largest absolute Gasteiger partial charge is 0.422 e. The number of aliphatic imine (C=N–C) groups is 1. The molecule has 0 saturated heterocycles. The zero-order valence-corrected chi connectivity index (χ0v) is 22.0. The number of fused-ring (bicyclic) bond motifs is 1. The van der Waals surface area contributed by atoms with Crippen molar-refractivity contribution in [3.63, 3.8) is 0 Å². The molecule has 174 valence electrons. The number of halogens is 4. The molecule has 0 amide bonds. The number of hydrogen-bond acceptors (Lipinski definition) is 6. The molecule has 3 aromatic carbocycles. The van der Waals surface area contributed by atoms with Gasteiger partial charge in [-0.2, -0.15) is 0 Å². The molecule has 1 aliphatic rings. The molecule has 1 aromatic heterocycles. The number of thiophene rings is 1. The highest BCUT2D eigenvalue weighted by Crippen LogP contribution is 2.37. The van der Waals surface area contributed by atoms with Crippen molar-refractivity contribution in [2.24, 2.45) is 4.99 Å². The maximum Gasteiger partial charge on any atom is 0.363 e. The van der Waals surface area contributed by atoms with Gasteiger partial charge in [0, 0.05) is 25.1 Å². The van der Waals surface area contributed by atoms with Crippen LogP contribution in [0.25, 0.3) is 16.2 Å². The Labute approximate surface area is 226 Å². The van der Waals surface area contributed by atoms with E-state index in [1.54, 1.807) is 30.3 Å². The van der Waals surface area contributed by atoms with E-state index in [1.165, 1.54) is 23.5 Å². The molecule has 0 spiro atoms. The van der Waals surface area contributed by atoms with Gasteiger partial charge >= 0.3 is 11.9 Å². The third-order valence-corrected chi connectivity index (χ3v) is 7.67. The van der Waals surface area contributed by atoms with Crippen LogP contribution in [0.5, 0.6) is 5.75 Å². The number of cyclic esters (lactones) is 1. The van der Waals surface area contributed by atoms with Gasteiger partial charge in [-0.25, -0.2) is 14.6 Å². The van der Waals surface area contributed by atoms with Crippen LogP contribution >= 0.6 is 62.1 Å². The van der Waals surface area contributed by atoms with E-state index in [1.807, 2.05) is 24.3 Å². The highest BCUT2D eigenvalue weighted by molar-refractivity contribution is 9.10. The predicted molar refractivity (Wildman–Crippen MR) is 143 cm³/mol. The maximum atomic E-state index is 13.0. The minimum absolute atomic E-state index is 0.0151. The first-order valence-electron chi connectivity index (χ1n) is 9.97. The van der Waals surface area contributed by atoms with Gasteiger partial charge in [0.15, 0.2) is 5.70 Å². The van der Waals surface area contributed by atoms with Gasteiger partial charge in [0.1, 0.15) is 10.6 Å². The van der Waals surface area contributed by atoms with E-state index in [4.69, 9.17) is 44.3 Å². The van der Waals surface area contributed by atoms with Gasteiger partial charge in [-0.1, -0.05) is 68.9 Å². The predicted octanol–water partition coefficient (Wildman–Crippen LogP) is 8.19. The minimum Gasteiger partial charge on any atom is -0.422 e. The van der Waals surface area contributed by atoms with Crippen molar-refractivity contribution in [1.82, 2.24) is 0 Å². The second-order valence-electron chi connectivity index (χ2n) is 7.27. The summed E-state index contributed by atoms with van der Waals surface area (Å²) in [5.74, 6) is -1.01. The highest BCUT2D eigenvalue weighted by Gasteiger charge is 2.27. The molecule has 0 bridgehead atoms. The lowest BCUT2D eigenvalue weighted by atomic mass is 10.1. The number of carbonyl (C=O) groups excluding carboxylic acids is 2. The third kappa shape index (κ3) is 4.87. The molecule has 0 N–H and O–H groups in total. The van der Waals surface area contributed by atoms with E-state index in [9.17, 15) is 9.59 Å². The van der Waals surface area contributed by atoms with Crippen LogP contribution < -0.4 is 4.74 Å². The van der Waals surface area contributed by atoms with Crippen LogP contribution in [-0.2, 0) is 9.53 Å². The summed E-state index contributed by atoms with van der Waals surface area (Å²) in [6, 6.07) is 17.2. The van der Waals surface area contributed by atoms with Crippen molar-refractivity contribution in [2.75, 3.05) is 0 Å². The van der Waals surface area contributed by atoms with E-state index >= 15 is 0 Å². The summed E-state index contributed by atoms with van der Waals surface area (Å²) < 4.78 is 12.6. The Morgan fingerprint density at radius 2 is 1.86 bits per heavy atom. The number of hydrogen-bond donors (Lipinski definition) is 0. The number of ether oxygens (including phenoxy) is 2. The van der Waals surface area contributed by atoms with Crippen LogP contribution in [0, 0.1) is 0 Å². The highest BCUT2D eigenvalue weighted by atomic mass is 79.9. The zero-order valence-electron chi connectivity index (χ0n) is 17.4. The second-order valence-corrected chi connectivity index (χ2v) is 10.5. The van der Waals surface area contributed by atoms with Gasteiger partial charge in [-0.15, -0.1) is 11.3 Å². The van der Waals surface area contributed by atoms with Crippen LogP contribution in [0.1, 0.15) is 20.8 Å². The number of benzene rings is 3. The first kappa shape index (κ1) is 24.0. The van der Waals surface area contributed by atoms with Gasteiger partial charge in [0.2, 0.25) is 5.90 Å². The Bertz CT molecular complexity index is 1600. The average Bonchev–Trinajstić information content (AvgIpc) is 3.35. The second kappa shape index (κ2) is 9.76. The first-order valence-corrected chi connectivity index (χ1v) is 12.7. The van der Waals surface area contributed by atoms with Gasteiger partial charge in [-0.3, -0.25) is 0 Å². The topological polar surface area (TPSA) is 65.0 Å².